The summed E-state index contributed by atoms with van der Waals surface area (Å²) in [5.74, 6) is -0.852. The zero-order valence-corrected chi connectivity index (χ0v) is 13.2. The molecule has 0 unspecified atom stereocenters. The number of carbonyl (C=O) groups is 2. The van der Waals surface area contributed by atoms with Crippen LogP contribution in [0, 0.1) is 0 Å². The highest BCUT2D eigenvalue weighted by molar-refractivity contribution is 5.98. The second-order valence-electron chi connectivity index (χ2n) is 5.80. The van der Waals surface area contributed by atoms with E-state index >= 15 is 0 Å². The van der Waals surface area contributed by atoms with Crippen molar-refractivity contribution in [2.24, 2.45) is 0 Å². The van der Waals surface area contributed by atoms with Crippen molar-refractivity contribution >= 4 is 23.3 Å². The predicted octanol–water partition coefficient (Wildman–Crippen LogP) is 2.44. The second-order valence-corrected chi connectivity index (χ2v) is 5.80. The number of anilines is 2. The molecule has 1 fully saturated rings. The maximum Gasteiger partial charge on any atom is 0.340 e. The molecular weight excluding hydrogens is 296 g/mol. The Balaban J connectivity index is 1.87. The van der Waals surface area contributed by atoms with Crippen LogP contribution in [0.2, 0.25) is 0 Å². The van der Waals surface area contributed by atoms with E-state index in [0.717, 1.165) is 0 Å². The zero-order chi connectivity index (χ0) is 17.0. The summed E-state index contributed by atoms with van der Waals surface area (Å²) in [5.41, 5.74) is 12.8. The Morgan fingerprint density at radius 1 is 1.09 bits per heavy atom. The van der Waals surface area contributed by atoms with Gasteiger partial charge in [0.1, 0.15) is 12.2 Å². The lowest BCUT2D eigenvalue weighted by molar-refractivity contribution is -0.146. The SMILES string of the molecule is C=C(C)C(=O)OC1CCC(OC(=O)c2cccc(N)c2N)CC1. The van der Waals surface area contributed by atoms with Gasteiger partial charge >= 0.3 is 11.9 Å². The first-order chi connectivity index (χ1) is 10.9. The van der Waals surface area contributed by atoms with Gasteiger partial charge in [0, 0.05) is 5.57 Å². The molecule has 0 aromatic heterocycles. The third-order valence-corrected chi connectivity index (χ3v) is 3.88. The third kappa shape index (κ3) is 4.25. The van der Waals surface area contributed by atoms with Gasteiger partial charge in [-0.1, -0.05) is 12.6 Å². The summed E-state index contributed by atoms with van der Waals surface area (Å²) in [6.45, 7) is 5.17. The van der Waals surface area contributed by atoms with Crippen molar-refractivity contribution in [3.63, 3.8) is 0 Å². The van der Waals surface area contributed by atoms with E-state index in [4.69, 9.17) is 20.9 Å². The minimum Gasteiger partial charge on any atom is -0.459 e. The quantitative estimate of drug-likeness (QED) is 0.502. The lowest BCUT2D eigenvalue weighted by atomic mass is 9.95. The molecule has 124 valence electrons. The molecule has 1 saturated carbocycles. The summed E-state index contributed by atoms with van der Waals surface area (Å²) in [4.78, 5) is 23.7. The van der Waals surface area contributed by atoms with Crippen LogP contribution in [-0.4, -0.2) is 24.1 Å². The van der Waals surface area contributed by atoms with Crippen LogP contribution in [0.5, 0.6) is 0 Å². The molecule has 0 aliphatic heterocycles. The minimum atomic E-state index is -0.475. The van der Waals surface area contributed by atoms with Crippen LogP contribution in [0.1, 0.15) is 43.0 Å². The molecule has 2 rings (SSSR count). The van der Waals surface area contributed by atoms with Crippen molar-refractivity contribution < 1.29 is 19.1 Å². The number of nitrogens with two attached hydrogens (primary N) is 2. The topological polar surface area (TPSA) is 105 Å². The Bertz CT molecular complexity index is 619. The molecule has 0 bridgehead atoms. The molecule has 0 heterocycles. The number of esters is 2. The molecule has 1 aliphatic carbocycles. The van der Waals surface area contributed by atoms with Crippen molar-refractivity contribution in [3.8, 4) is 0 Å². The largest absolute Gasteiger partial charge is 0.459 e. The fourth-order valence-electron chi connectivity index (χ4n) is 2.50. The van der Waals surface area contributed by atoms with Gasteiger partial charge in [-0.2, -0.15) is 0 Å². The molecule has 23 heavy (non-hydrogen) atoms. The van der Waals surface area contributed by atoms with E-state index in [1.54, 1.807) is 25.1 Å². The maximum absolute atomic E-state index is 12.2. The van der Waals surface area contributed by atoms with Crippen LogP contribution in [-0.2, 0) is 14.3 Å². The summed E-state index contributed by atoms with van der Waals surface area (Å²) < 4.78 is 10.8. The molecule has 1 aromatic carbocycles. The van der Waals surface area contributed by atoms with Crippen LogP contribution < -0.4 is 11.5 Å². The maximum atomic E-state index is 12.2. The van der Waals surface area contributed by atoms with E-state index in [9.17, 15) is 9.59 Å². The number of rotatable bonds is 4. The average molecular weight is 318 g/mol. The standard InChI is InChI=1S/C17H22N2O4/c1-10(2)16(20)22-11-6-8-12(9-7-11)23-17(21)13-4-3-5-14(18)15(13)19/h3-5,11-12H,1,6-9,18-19H2,2H3. The smallest absolute Gasteiger partial charge is 0.340 e. The van der Waals surface area contributed by atoms with Crippen LogP contribution in [0.4, 0.5) is 11.4 Å². The second kappa shape index (κ2) is 7.17. The number of nitrogen functional groups attached to an aromatic ring is 2. The van der Waals surface area contributed by atoms with Gasteiger partial charge in [0.05, 0.1) is 16.9 Å². The first-order valence-corrected chi connectivity index (χ1v) is 7.60. The summed E-state index contributed by atoms with van der Waals surface area (Å²) in [6.07, 6.45) is 2.24. The normalized spacial score (nSPS) is 20.6. The average Bonchev–Trinajstić information content (AvgIpc) is 2.51. The van der Waals surface area contributed by atoms with E-state index in [2.05, 4.69) is 6.58 Å². The summed E-state index contributed by atoms with van der Waals surface area (Å²) in [7, 11) is 0. The van der Waals surface area contributed by atoms with E-state index in [1.165, 1.54) is 0 Å². The zero-order valence-electron chi connectivity index (χ0n) is 13.2. The molecule has 1 aromatic rings. The number of hydrogen-bond donors (Lipinski definition) is 2. The molecule has 0 spiro atoms. The van der Waals surface area contributed by atoms with Gasteiger partial charge in [-0.15, -0.1) is 0 Å². The summed E-state index contributed by atoms with van der Waals surface area (Å²) in [6, 6.07) is 4.89. The van der Waals surface area contributed by atoms with E-state index in [-0.39, 0.29) is 29.4 Å². The van der Waals surface area contributed by atoms with E-state index in [0.29, 0.717) is 36.9 Å². The highest BCUT2D eigenvalue weighted by Crippen LogP contribution is 2.26. The molecule has 4 N–H and O–H groups in total. The molecule has 6 nitrogen and oxygen atoms in total. The fraction of sp³-hybridized carbons (Fsp3) is 0.412. The van der Waals surface area contributed by atoms with Gasteiger partial charge in [-0.05, 0) is 44.7 Å². The minimum absolute atomic E-state index is 0.147. The van der Waals surface area contributed by atoms with E-state index in [1.807, 2.05) is 0 Å². The molecular formula is C17H22N2O4. The number of ether oxygens (including phenoxy) is 2. The lowest BCUT2D eigenvalue weighted by Crippen LogP contribution is -2.30. The number of benzene rings is 1. The Labute approximate surface area is 135 Å². The highest BCUT2D eigenvalue weighted by atomic mass is 16.6. The van der Waals surface area contributed by atoms with Gasteiger partial charge in [0.15, 0.2) is 0 Å². The predicted molar refractivity (Wildman–Crippen MR) is 87.6 cm³/mol. The number of carbonyl (C=O) groups excluding carboxylic acids is 2. The monoisotopic (exact) mass is 318 g/mol. The highest BCUT2D eigenvalue weighted by Gasteiger charge is 2.27. The summed E-state index contributed by atoms with van der Waals surface area (Å²) >= 11 is 0. The fourth-order valence-corrected chi connectivity index (χ4v) is 2.50. The van der Waals surface area contributed by atoms with Crippen LogP contribution >= 0.6 is 0 Å². The molecule has 6 heteroatoms. The van der Waals surface area contributed by atoms with E-state index < -0.39 is 5.97 Å². The molecule has 1 aliphatic rings. The number of para-hydroxylation sites is 1. The van der Waals surface area contributed by atoms with Gasteiger partial charge in [0.2, 0.25) is 0 Å². The Morgan fingerprint density at radius 2 is 1.65 bits per heavy atom. The first kappa shape index (κ1) is 16.9. The first-order valence-electron chi connectivity index (χ1n) is 7.60. The van der Waals surface area contributed by atoms with Crippen molar-refractivity contribution in [1.29, 1.82) is 0 Å². The van der Waals surface area contributed by atoms with Gasteiger partial charge in [-0.25, -0.2) is 9.59 Å². The Kier molecular flexibility index (Phi) is 5.26. The van der Waals surface area contributed by atoms with Crippen molar-refractivity contribution in [2.75, 3.05) is 11.5 Å². The van der Waals surface area contributed by atoms with Crippen LogP contribution in [0.15, 0.2) is 30.4 Å². The Morgan fingerprint density at radius 3 is 2.22 bits per heavy atom. The molecule has 0 amide bonds. The van der Waals surface area contributed by atoms with Crippen molar-refractivity contribution in [3.05, 3.63) is 35.9 Å². The van der Waals surface area contributed by atoms with Crippen LogP contribution in [0.3, 0.4) is 0 Å². The van der Waals surface area contributed by atoms with Gasteiger partial charge in [-0.3, -0.25) is 0 Å². The van der Waals surface area contributed by atoms with Gasteiger partial charge in [0.25, 0.3) is 0 Å². The van der Waals surface area contributed by atoms with Crippen molar-refractivity contribution in [2.45, 2.75) is 44.8 Å². The van der Waals surface area contributed by atoms with Crippen LogP contribution in [0.25, 0.3) is 0 Å². The summed E-state index contributed by atoms with van der Waals surface area (Å²) in [5, 5.41) is 0. The Hall–Kier alpha value is -2.50. The lowest BCUT2D eigenvalue weighted by Gasteiger charge is -2.28. The molecule has 0 atom stereocenters. The molecule has 0 saturated heterocycles. The van der Waals surface area contributed by atoms with Gasteiger partial charge < -0.3 is 20.9 Å². The molecule has 0 radical (unpaired) electrons. The number of hydrogen-bond acceptors (Lipinski definition) is 6. The third-order valence-electron chi connectivity index (χ3n) is 3.88. The van der Waals surface area contributed by atoms with Crippen molar-refractivity contribution in [1.82, 2.24) is 0 Å².